The van der Waals surface area contributed by atoms with Crippen molar-refractivity contribution in [3.05, 3.63) is 29.8 Å². The second-order valence-electron chi connectivity index (χ2n) is 11.2. The molecule has 1 rings (SSSR count). The molecule has 0 heterocycles. The van der Waals surface area contributed by atoms with Crippen molar-refractivity contribution in [2.75, 3.05) is 64.7 Å². The number of carbonyl (C=O) groups excluding carboxylic acids is 5. The van der Waals surface area contributed by atoms with Crippen LogP contribution in [0.3, 0.4) is 0 Å². The van der Waals surface area contributed by atoms with Crippen molar-refractivity contribution in [2.45, 2.75) is 78.5 Å². The number of nitrogens with one attached hydrogen (secondary N) is 4. The van der Waals surface area contributed by atoms with Gasteiger partial charge in [-0.05, 0) is 42.9 Å². The van der Waals surface area contributed by atoms with Gasteiger partial charge in [0.1, 0.15) is 18.7 Å². The summed E-state index contributed by atoms with van der Waals surface area (Å²) in [6.07, 6.45) is 1.82. The van der Waals surface area contributed by atoms with Crippen LogP contribution in [0, 0.1) is 5.92 Å². The highest BCUT2D eigenvalue weighted by Crippen LogP contribution is 2.13. The molecule has 0 aliphatic heterocycles. The van der Waals surface area contributed by atoms with E-state index in [1.807, 2.05) is 6.92 Å². The summed E-state index contributed by atoms with van der Waals surface area (Å²) in [7, 11) is 0. The first-order valence-electron chi connectivity index (χ1n) is 16.6. The molecule has 15 nitrogen and oxygen atoms in total. The van der Waals surface area contributed by atoms with Crippen molar-refractivity contribution in [1.29, 1.82) is 0 Å². The maximum atomic E-state index is 13.3. The lowest BCUT2D eigenvalue weighted by atomic mass is 10.0. The molecule has 0 unspecified atom stereocenters. The molecule has 6 N–H and O–H groups in total. The Kier molecular flexibility index (Phi) is 23.0. The SMILES string of the molecule is CCCOCCOCCOCCOCCC(=O)N[C@H](C(=O)N[C@@H](CCCNC(N)=O)C(=O)Nc1ccc(COC(=O)CC)cc1)C(C)C. The van der Waals surface area contributed by atoms with Crippen LogP contribution >= 0.6 is 0 Å². The molecule has 48 heavy (non-hydrogen) atoms. The average molecular weight is 682 g/mol. The van der Waals surface area contributed by atoms with Gasteiger partial charge in [0, 0.05) is 31.7 Å². The van der Waals surface area contributed by atoms with Gasteiger partial charge in [-0.15, -0.1) is 0 Å². The maximum Gasteiger partial charge on any atom is 0.312 e. The monoisotopic (exact) mass is 681 g/mol. The summed E-state index contributed by atoms with van der Waals surface area (Å²) >= 11 is 0. The number of esters is 1. The fourth-order valence-electron chi connectivity index (χ4n) is 4.08. The second kappa shape index (κ2) is 26.2. The number of urea groups is 1. The standard InChI is InChI=1S/C33H55N5O10/c1-5-15-44-17-19-46-21-22-47-20-18-45-16-13-28(39)38-30(24(3)4)32(42)37-27(8-7-14-35-33(34)43)31(41)36-26-11-9-25(10-12-26)23-48-29(40)6-2/h9-12,24,27,30H,5-8,13-23H2,1-4H3,(H,36,41)(H,37,42)(H,38,39)(H3,34,35,43)/t27-,30-/m0/s1. The highest BCUT2D eigenvalue weighted by molar-refractivity contribution is 5.98. The van der Waals surface area contributed by atoms with E-state index in [4.69, 9.17) is 29.4 Å². The van der Waals surface area contributed by atoms with E-state index in [2.05, 4.69) is 21.3 Å². The van der Waals surface area contributed by atoms with Crippen molar-refractivity contribution >= 4 is 35.4 Å². The average Bonchev–Trinajstić information content (AvgIpc) is 3.06. The zero-order valence-electron chi connectivity index (χ0n) is 28.8. The number of hydrogen-bond donors (Lipinski definition) is 5. The van der Waals surface area contributed by atoms with E-state index in [-0.39, 0.29) is 56.8 Å². The molecule has 15 heteroatoms. The van der Waals surface area contributed by atoms with E-state index < -0.39 is 29.9 Å². The van der Waals surface area contributed by atoms with Gasteiger partial charge >= 0.3 is 12.0 Å². The molecule has 0 spiro atoms. The zero-order chi connectivity index (χ0) is 35.6. The molecule has 0 bridgehead atoms. The third-order valence-corrected chi connectivity index (χ3v) is 6.72. The number of hydrogen-bond acceptors (Lipinski definition) is 10. The quantitative estimate of drug-likeness (QED) is 0.0675. The van der Waals surface area contributed by atoms with Gasteiger partial charge in [-0.25, -0.2) is 4.79 Å². The van der Waals surface area contributed by atoms with Gasteiger partial charge in [-0.2, -0.15) is 0 Å². The van der Waals surface area contributed by atoms with Crippen LogP contribution in [-0.2, 0) is 49.5 Å². The lowest BCUT2D eigenvalue weighted by molar-refractivity contribution is -0.144. The molecular weight excluding hydrogens is 626 g/mol. The molecule has 5 amide bonds. The third-order valence-electron chi connectivity index (χ3n) is 6.72. The summed E-state index contributed by atoms with van der Waals surface area (Å²) in [5.41, 5.74) is 6.36. The summed E-state index contributed by atoms with van der Waals surface area (Å²) < 4.78 is 26.8. The summed E-state index contributed by atoms with van der Waals surface area (Å²) in [5, 5.41) is 10.7. The highest BCUT2D eigenvalue weighted by Gasteiger charge is 2.28. The van der Waals surface area contributed by atoms with Gasteiger partial charge in [0.2, 0.25) is 17.7 Å². The van der Waals surface area contributed by atoms with E-state index in [0.717, 1.165) is 18.6 Å². The molecule has 2 atom stereocenters. The number of nitrogens with two attached hydrogens (primary N) is 1. The third kappa shape index (κ3) is 20.4. The maximum absolute atomic E-state index is 13.3. The minimum Gasteiger partial charge on any atom is -0.461 e. The Bertz CT molecular complexity index is 1090. The normalized spacial score (nSPS) is 12.2. The largest absolute Gasteiger partial charge is 0.461 e. The molecule has 0 aromatic heterocycles. The predicted molar refractivity (Wildman–Crippen MR) is 179 cm³/mol. The van der Waals surface area contributed by atoms with Gasteiger partial charge in [0.05, 0.1) is 46.2 Å². The fraction of sp³-hybridized carbons (Fsp3) is 0.667. The van der Waals surface area contributed by atoms with Crippen LogP contribution in [0.2, 0.25) is 0 Å². The number of carbonyl (C=O) groups is 5. The molecule has 0 radical (unpaired) electrons. The molecule has 0 saturated carbocycles. The van der Waals surface area contributed by atoms with E-state index in [9.17, 15) is 24.0 Å². The first-order chi connectivity index (χ1) is 23.1. The number of ether oxygens (including phenoxy) is 5. The lowest BCUT2D eigenvalue weighted by Crippen LogP contribution is -2.54. The second-order valence-corrected chi connectivity index (χ2v) is 11.2. The van der Waals surface area contributed by atoms with Crippen LogP contribution in [0.15, 0.2) is 24.3 Å². The Labute approximate surface area is 283 Å². The van der Waals surface area contributed by atoms with Crippen molar-refractivity contribution < 1.29 is 47.7 Å². The smallest absolute Gasteiger partial charge is 0.312 e. The van der Waals surface area contributed by atoms with Gasteiger partial charge in [-0.3, -0.25) is 19.2 Å². The van der Waals surface area contributed by atoms with E-state index >= 15 is 0 Å². The molecule has 0 saturated heterocycles. The Morgan fingerprint density at radius 3 is 1.90 bits per heavy atom. The molecule has 0 aliphatic rings. The Morgan fingerprint density at radius 2 is 1.35 bits per heavy atom. The van der Waals surface area contributed by atoms with Crippen LogP contribution in [0.1, 0.15) is 65.4 Å². The fourth-order valence-corrected chi connectivity index (χ4v) is 4.08. The van der Waals surface area contributed by atoms with Gasteiger partial charge in [0.25, 0.3) is 0 Å². The van der Waals surface area contributed by atoms with E-state index in [1.165, 1.54) is 0 Å². The van der Waals surface area contributed by atoms with Crippen molar-refractivity contribution in [3.8, 4) is 0 Å². The Morgan fingerprint density at radius 1 is 0.771 bits per heavy atom. The molecule has 272 valence electrons. The lowest BCUT2D eigenvalue weighted by Gasteiger charge is -2.25. The topological polar surface area (TPSA) is 206 Å². The Balaban J connectivity index is 2.58. The van der Waals surface area contributed by atoms with Crippen LogP contribution in [0.5, 0.6) is 0 Å². The molecule has 1 aromatic carbocycles. The van der Waals surface area contributed by atoms with Gasteiger partial charge < -0.3 is 50.7 Å². The van der Waals surface area contributed by atoms with Crippen molar-refractivity contribution in [3.63, 3.8) is 0 Å². The van der Waals surface area contributed by atoms with E-state index in [0.29, 0.717) is 51.7 Å². The van der Waals surface area contributed by atoms with Crippen LogP contribution in [0.4, 0.5) is 10.5 Å². The van der Waals surface area contributed by atoms with Crippen molar-refractivity contribution in [2.24, 2.45) is 11.7 Å². The summed E-state index contributed by atoms with van der Waals surface area (Å²) in [6, 6.07) is 4.17. The molecule has 0 fully saturated rings. The van der Waals surface area contributed by atoms with Crippen LogP contribution < -0.4 is 27.0 Å². The zero-order valence-corrected chi connectivity index (χ0v) is 28.8. The number of rotatable bonds is 27. The minimum absolute atomic E-state index is 0.0354. The van der Waals surface area contributed by atoms with Crippen LogP contribution in [-0.4, -0.2) is 101 Å². The van der Waals surface area contributed by atoms with Gasteiger partial charge in [-0.1, -0.05) is 39.8 Å². The number of amides is 5. The van der Waals surface area contributed by atoms with Gasteiger partial charge in [0.15, 0.2) is 0 Å². The summed E-state index contributed by atoms with van der Waals surface area (Å²) in [6.45, 7) is 11.1. The molecular formula is C33H55N5O10. The minimum atomic E-state index is -0.973. The number of anilines is 1. The first kappa shape index (κ1) is 42.2. The van der Waals surface area contributed by atoms with Crippen molar-refractivity contribution in [1.82, 2.24) is 16.0 Å². The number of benzene rings is 1. The number of primary amides is 1. The molecule has 1 aromatic rings. The van der Waals surface area contributed by atoms with E-state index in [1.54, 1.807) is 45.0 Å². The summed E-state index contributed by atoms with van der Waals surface area (Å²) in [4.78, 5) is 61.7. The summed E-state index contributed by atoms with van der Waals surface area (Å²) in [5.74, 6) is -1.98. The predicted octanol–water partition coefficient (Wildman–Crippen LogP) is 2.02. The first-order valence-corrected chi connectivity index (χ1v) is 16.6. The highest BCUT2D eigenvalue weighted by atomic mass is 16.6. The Hall–Kier alpha value is -3.79. The molecule has 0 aliphatic carbocycles. The van der Waals surface area contributed by atoms with Crippen LogP contribution in [0.25, 0.3) is 0 Å².